The molecule has 110 valence electrons. The maximum atomic E-state index is 5.99. The second kappa shape index (κ2) is 4.92. The van der Waals surface area contributed by atoms with E-state index in [0.717, 1.165) is 41.0 Å². The largest absolute Gasteiger partial charge is 0.461 e. The molecule has 4 rings (SSSR count). The minimum Gasteiger partial charge on any atom is -0.461 e. The van der Waals surface area contributed by atoms with Crippen LogP contribution in [0.5, 0.6) is 0 Å². The Hall–Kier alpha value is -1.74. The van der Waals surface area contributed by atoms with Crippen LogP contribution in [0.1, 0.15) is 36.3 Å². The summed E-state index contributed by atoms with van der Waals surface area (Å²) < 4.78 is 11.8. The molecule has 1 aliphatic rings. The first-order chi connectivity index (χ1) is 10.2. The first-order valence-corrected chi connectivity index (χ1v) is 7.86. The van der Waals surface area contributed by atoms with Crippen molar-refractivity contribution in [3.8, 4) is 0 Å². The minimum atomic E-state index is 0.549. The third kappa shape index (κ3) is 2.26. The Kier molecular flexibility index (Phi) is 3.03. The number of hydrogen-bond acceptors (Lipinski definition) is 3. The lowest BCUT2D eigenvalue weighted by atomic mass is 9.95. The van der Waals surface area contributed by atoms with Crippen molar-refractivity contribution in [2.75, 3.05) is 6.54 Å². The average Bonchev–Trinajstić information content (AvgIpc) is 3.01. The first kappa shape index (κ1) is 13.0. The summed E-state index contributed by atoms with van der Waals surface area (Å²) in [7, 11) is 0. The predicted octanol–water partition coefficient (Wildman–Crippen LogP) is 4.48. The molecule has 3 heterocycles. The Morgan fingerprint density at radius 2 is 1.95 bits per heavy atom. The van der Waals surface area contributed by atoms with E-state index < -0.39 is 0 Å². The van der Waals surface area contributed by atoms with Gasteiger partial charge in [-0.1, -0.05) is 6.42 Å². The van der Waals surface area contributed by atoms with Crippen LogP contribution in [0.3, 0.4) is 0 Å². The van der Waals surface area contributed by atoms with Gasteiger partial charge in [-0.3, -0.25) is 0 Å². The predicted molar refractivity (Wildman–Crippen MR) is 84.8 cm³/mol. The zero-order valence-corrected chi connectivity index (χ0v) is 12.7. The van der Waals surface area contributed by atoms with E-state index in [9.17, 15) is 0 Å². The summed E-state index contributed by atoms with van der Waals surface area (Å²) in [5, 5.41) is 6.00. The summed E-state index contributed by atoms with van der Waals surface area (Å²) in [6.45, 7) is 5.15. The highest BCUT2D eigenvalue weighted by Gasteiger charge is 2.20. The molecule has 2 aromatic heterocycles. The number of nitrogens with one attached hydrogen (secondary N) is 1. The van der Waals surface area contributed by atoms with Crippen LogP contribution in [0, 0.1) is 13.8 Å². The number of rotatable bonds is 2. The molecule has 1 atom stereocenters. The zero-order chi connectivity index (χ0) is 14.4. The summed E-state index contributed by atoms with van der Waals surface area (Å²) in [5.41, 5.74) is 3.31. The lowest BCUT2D eigenvalue weighted by Gasteiger charge is -2.23. The number of piperidine rings is 1. The molecule has 21 heavy (non-hydrogen) atoms. The Labute approximate surface area is 124 Å². The molecule has 3 heteroatoms. The average molecular weight is 283 g/mol. The normalized spacial score (nSPS) is 19.6. The highest BCUT2D eigenvalue weighted by atomic mass is 16.3. The van der Waals surface area contributed by atoms with Gasteiger partial charge >= 0.3 is 0 Å². The molecule has 1 fully saturated rings. The molecular weight excluding hydrogens is 262 g/mol. The molecule has 1 unspecified atom stereocenters. The van der Waals surface area contributed by atoms with E-state index in [1.54, 1.807) is 0 Å². The molecule has 0 spiro atoms. The second-order valence-electron chi connectivity index (χ2n) is 6.25. The molecule has 1 saturated heterocycles. The highest BCUT2D eigenvalue weighted by molar-refractivity contribution is 5.98. The van der Waals surface area contributed by atoms with Gasteiger partial charge in [0, 0.05) is 22.4 Å². The highest BCUT2D eigenvalue weighted by Crippen LogP contribution is 2.34. The van der Waals surface area contributed by atoms with Gasteiger partial charge in [0.2, 0.25) is 0 Å². The van der Waals surface area contributed by atoms with Crippen molar-refractivity contribution in [1.29, 1.82) is 0 Å². The smallest absolute Gasteiger partial charge is 0.138 e. The maximum absolute atomic E-state index is 5.99. The Morgan fingerprint density at radius 1 is 1.10 bits per heavy atom. The second-order valence-corrected chi connectivity index (χ2v) is 6.25. The van der Waals surface area contributed by atoms with Crippen LogP contribution in [0.25, 0.3) is 21.9 Å². The van der Waals surface area contributed by atoms with Crippen LogP contribution in [0.4, 0.5) is 0 Å². The fraction of sp³-hybridized carbons (Fsp3) is 0.444. The fourth-order valence-corrected chi connectivity index (χ4v) is 3.56. The molecule has 0 amide bonds. The molecule has 1 N–H and O–H groups in total. The SMILES string of the molecule is Cc1cc2c(CC3CCCCN3)c3oc(C)cc3cc2o1. The third-order valence-electron chi connectivity index (χ3n) is 4.52. The van der Waals surface area contributed by atoms with Crippen molar-refractivity contribution in [3.63, 3.8) is 0 Å². The van der Waals surface area contributed by atoms with E-state index in [-0.39, 0.29) is 0 Å². The van der Waals surface area contributed by atoms with Crippen molar-refractivity contribution < 1.29 is 8.83 Å². The zero-order valence-electron chi connectivity index (χ0n) is 12.7. The van der Waals surface area contributed by atoms with Gasteiger partial charge in [-0.2, -0.15) is 0 Å². The quantitative estimate of drug-likeness (QED) is 0.753. The first-order valence-electron chi connectivity index (χ1n) is 7.86. The van der Waals surface area contributed by atoms with Crippen molar-refractivity contribution in [2.45, 2.75) is 45.6 Å². The molecule has 0 radical (unpaired) electrons. The molecular formula is C18H21NO2. The van der Waals surface area contributed by atoms with Gasteiger partial charge in [0.15, 0.2) is 0 Å². The van der Waals surface area contributed by atoms with Crippen LogP contribution in [0.2, 0.25) is 0 Å². The lowest BCUT2D eigenvalue weighted by molar-refractivity contribution is 0.399. The monoisotopic (exact) mass is 283 g/mol. The molecule has 0 bridgehead atoms. The standard InChI is InChI=1S/C18H21NO2/c1-11-7-13-9-17-15(8-12(2)20-17)16(18(13)21-11)10-14-5-3-4-6-19-14/h7-9,14,19H,3-6,10H2,1-2H3. The van der Waals surface area contributed by atoms with Gasteiger partial charge in [-0.05, 0) is 57.9 Å². The summed E-state index contributed by atoms with van der Waals surface area (Å²) >= 11 is 0. The lowest BCUT2D eigenvalue weighted by Crippen LogP contribution is -2.35. The Morgan fingerprint density at radius 3 is 2.76 bits per heavy atom. The molecule has 1 aliphatic heterocycles. The number of benzene rings is 1. The molecule has 1 aromatic carbocycles. The maximum Gasteiger partial charge on any atom is 0.138 e. The van der Waals surface area contributed by atoms with E-state index in [1.165, 1.54) is 30.2 Å². The van der Waals surface area contributed by atoms with Crippen LogP contribution >= 0.6 is 0 Å². The summed E-state index contributed by atoms with van der Waals surface area (Å²) in [6.07, 6.45) is 4.87. The van der Waals surface area contributed by atoms with E-state index in [4.69, 9.17) is 8.83 Å². The van der Waals surface area contributed by atoms with E-state index in [2.05, 4.69) is 23.5 Å². The third-order valence-corrected chi connectivity index (χ3v) is 4.52. The Balaban J connectivity index is 1.88. The molecule has 0 aliphatic carbocycles. The Bertz CT molecular complexity index is 736. The summed E-state index contributed by atoms with van der Waals surface area (Å²) in [5.74, 6) is 1.93. The van der Waals surface area contributed by atoms with E-state index in [0.29, 0.717) is 6.04 Å². The van der Waals surface area contributed by atoms with Crippen molar-refractivity contribution in [3.05, 3.63) is 35.3 Å². The molecule has 0 saturated carbocycles. The van der Waals surface area contributed by atoms with Crippen LogP contribution in [0.15, 0.2) is 27.0 Å². The van der Waals surface area contributed by atoms with Crippen LogP contribution < -0.4 is 5.32 Å². The van der Waals surface area contributed by atoms with E-state index >= 15 is 0 Å². The summed E-state index contributed by atoms with van der Waals surface area (Å²) in [6, 6.07) is 6.90. The van der Waals surface area contributed by atoms with Crippen LogP contribution in [-0.4, -0.2) is 12.6 Å². The number of aryl methyl sites for hydroxylation is 2. The van der Waals surface area contributed by atoms with Crippen LogP contribution in [-0.2, 0) is 6.42 Å². The molecule has 3 nitrogen and oxygen atoms in total. The summed E-state index contributed by atoms with van der Waals surface area (Å²) in [4.78, 5) is 0. The van der Waals surface area contributed by atoms with Gasteiger partial charge in [0.05, 0.1) is 0 Å². The van der Waals surface area contributed by atoms with E-state index in [1.807, 2.05) is 13.8 Å². The van der Waals surface area contributed by atoms with Gasteiger partial charge in [-0.25, -0.2) is 0 Å². The van der Waals surface area contributed by atoms with Gasteiger partial charge < -0.3 is 14.2 Å². The van der Waals surface area contributed by atoms with Gasteiger partial charge in [0.1, 0.15) is 22.7 Å². The number of hydrogen-bond donors (Lipinski definition) is 1. The number of furan rings is 2. The van der Waals surface area contributed by atoms with Crippen molar-refractivity contribution in [1.82, 2.24) is 5.32 Å². The number of fused-ring (bicyclic) bond motifs is 2. The minimum absolute atomic E-state index is 0.549. The topological polar surface area (TPSA) is 38.3 Å². The van der Waals surface area contributed by atoms with Crippen molar-refractivity contribution in [2.24, 2.45) is 0 Å². The molecule has 3 aromatic rings. The van der Waals surface area contributed by atoms with Gasteiger partial charge in [-0.15, -0.1) is 0 Å². The fourth-order valence-electron chi connectivity index (χ4n) is 3.56. The van der Waals surface area contributed by atoms with Gasteiger partial charge in [0.25, 0.3) is 0 Å². The van der Waals surface area contributed by atoms with Crippen molar-refractivity contribution >= 4 is 21.9 Å².